The highest BCUT2D eigenvalue weighted by atomic mass is 19.1. The van der Waals surface area contributed by atoms with E-state index in [0.29, 0.717) is 48.6 Å². The predicted molar refractivity (Wildman–Crippen MR) is 89.8 cm³/mol. The number of allylic oxidation sites excluding steroid dienone is 1. The highest BCUT2D eigenvalue weighted by Gasteiger charge is 2.25. The molecule has 23 heavy (non-hydrogen) atoms. The van der Waals surface area contributed by atoms with Crippen LogP contribution in [0, 0.1) is 5.92 Å². The third-order valence-electron chi connectivity index (χ3n) is 3.48. The Morgan fingerprint density at radius 1 is 1.17 bits per heavy atom. The molecule has 0 saturated carbocycles. The molecule has 7 heteroatoms. The number of rotatable bonds is 6. The van der Waals surface area contributed by atoms with Gasteiger partial charge in [0, 0.05) is 18.2 Å². The number of hydrogen-bond acceptors (Lipinski definition) is 6. The Morgan fingerprint density at radius 2 is 1.87 bits per heavy atom. The molecule has 6 nitrogen and oxygen atoms in total. The fraction of sp³-hybridized carbons (Fsp3) is 0.688. The van der Waals surface area contributed by atoms with Gasteiger partial charge in [0.1, 0.15) is 11.9 Å². The lowest BCUT2D eigenvalue weighted by atomic mass is 9.96. The van der Waals surface area contributed by atoms with Gasteiger partial charge in [-0.15, -0.1) is 0 Å². The van der Waals surface area contributed by atoms with E-state index in [-0.39, 0.29) is 6.04 Å². The van der Waals surface area contributed by atoms with Crippen LogP contribution >= 0.6 is 0 Å². The Morgan fingerprint density at radius 3 is 2.52 bits per heavy atom. The molecule has 1 aliphatic rings. The first-order chi connectivity index (χ1) is 10.9. The first-order valence-electron chi connectivity index (χ1n) is 8.20. The quantitative estimate of drug-likeness (QED) is 0.746. The molecule has 128 valence electrons. The molecule has 3 N–H and O–H groups in total. The van der Waals surface area contributed by atoms with Crippen LogP contribution in [0.1, 0.15) is 52.8 Å². The van der Waals surface area contributed by atoms with Gasteiger partial charge >= 0.3 is 0 Å². The van der Waals surface area contributed by atoms with E-state index in [1.54, 1.807) is 0 Å². The average Bonchev–Trinajstić information content (AvgIpc) is 2.47. The summed E-state index contributed by atoms with van der Waals surface area (Å²) in [6.07, 6.45) is 0.634. The van der Waals surface area contributed by atoms with E-state index in [9.17, 15) is 9.50 Å². The first-order valence-corrected chi connectivity index (χ1v) is 8.20. The van der Waals surface area contributed by atoms with Crippen molar-refractivity contribution in [3.8, 4) is 0 Å². The van der Waals surface area contributed by atoms with E-state index in [2.05, 4.69) is 39.4 Å². The maximum Gasteiger partial charge on any atom is 0.228 e. The largest absolute Gasteiger partial charge is 0.386 e. The Balaban J connectivity index is 2.37. The molecule has 0 aromatic carbocycles. The standard InChI is InChI=1S/C16H26FN5O/c1-9(2)8-18-15-20-14(21-16(22-15)19-10(3)4)11-6-5-7-12(23)13(11)17/h9-10,12,23H,5-8H2,1-4H3,(H2,18,19,20,21,22). The molecule has 1 unspecified atom stereocenters. The van der Waals surface area contributed by atoms with Crippen molar-refractivity contribution >= 4 is 17.5 Å². The lowest BCUT2D eigenvalue weighted by Crippen LogP contribution is -2.19. The summed E-state index contributed by atoms with van der Waals surface area (Å²) < 4.78 is 14.3. The third kappa shape index (κ3) is 4.86. The number of aromatic nitrogens is 3. The zero-order valence-electron chi connectivity index (χ0n) is 14.2. The zero-order chi connectivity index (χ0) is 17.0. The summed E-state index contributed by atoms with van der Waals surface area (Å²) in [6, 6.07) is 0.152. The van der Waals surface area contributed by atoms with Crippen LogP contribution in [0.4, 0.5) is 16.3 Å². The highest BCUT2D eigenvalue weighted by Crippen LogP contribution is 2.32. The molecule has 0 radical (unpaired) electrons. The van der Waals surface area contributed by atoms with E-state index in [0.717, 1.165) is 6.42 Å². The lowest BCUT2D eigenvalue weighted by Gasteiger charge is -2.20. The molecule has 0 fully saturated rings. The summed E-state index contributed by atoms with van der Waals surface area (Å²) in [7, 11) is 0. The van der Waals surface area contributed by atoms with Crippen LogP contribution < -0.4 is 10.6 Å². The van der Waals surface area contributed by atoms with Crippen molar-refractivity contribution < 1.29 is 9.50 Å². The molecule has 2 rings (SSSR count). The zero-order valence-corrected chi connectivity index (χ0v) is 14.2. The van der Waals surface area contributed by atoms with Gasteiger partial charge in [-0.3, -0.25) is 0 Å². The minimum atomic E-state index is -1.05. The number of anilines is 2. The first kappa shape index (κ1) is 17.6. The monoisotopic (exact) mass is 323 g/mol. The maximum atomic E-state index is 14.3. The molecule has 1 aromatic rings. The number of nitrogens with zero attached hydrogens (tertiary/aromatic N) is 3. The normalized spacial score (nSPS) is 18.7. The van der Waals surface area contributed by atoms with Crippen LogP contribution in [-0.4, -0.2) is 38.7 Å². The van der Waals surface area contributed by atoms with Crippen molar-refractivity contribution in [2.45, 2.75) is 59.1 Å². The Bertz CT molecular complexity index is 574. The summed E-state index contributed by atoms with van der Waals surface area (Å²) >= 11 is 0. The third-order valence-corrected chi connectivity index (χ3v) is 3.48. The number of nitrogens with one attached hydrogen (secondary N) is 2. The van der Waals surface area contributed by atoms with Crippen LogP contribution in [0.25, 0.3) is 5.57 Å². The van der Waals surface area contributed by atoms with Gasteiger partial charge in [0.25, 0.3) is 0 Å². The molecular formula is C16H26FN5O. The fourth-order valence-electron chi connectivity index (χ4n) is 2.35. The fourth-order valence-corrected chi connectivity index (χ4v) is 2.35. The summed E-state index contributed by atoms with van der Waals surface area (Å²) in [6.45, 7) is 8.85. The average molecular weight is 323 g/mol. The molecule has 1 heterocycles. The topological polar surface area (TPSA) is 83.0 Å². The Labute approximate surface area is 136 Å². The van der Waals surface area contributed by atoms with Gasteiger partial charge in [0.05, 0.1) is 0 Å². The van der Waals surface area contributed by atoms with Crippen molar-refractivity contribution in [2.75, 3.05) is 17.2 Å². The second-order valence-corrected chi connectivity index (χ2v) is 6.61. The van der Waals surface area contributed by atoms with Crippen LogP contribution in [0.5, 0.6) is 0 Å². The molecule has 1 atom stereocenters. The van der Waals surface area contributed by atoms with Gasteiger partial charge in [0.15, 0.2) is 5.82 Å². The number of hydrogen-bond donors (Lipinski definition) is 3. The lowest BCUT2D eigenvalue weighted by molar-refractivity contribution is 0.165. The predicted octanol–water partition coefficient (Wildman–Crippen LogP) is 2.99. The van der Waals surface area contributed by atoms with Crippen LogP contribution in [0.3, 0.4) is 0 Å². The van der Waals surface area contributed by atoms with Gasteiger partial charge in [0.2, 0.25) is 11.9 Å². The van der Waals surface area contributed by atoms with Gasteiger partial charge < -0.3 is 15.7 Å². The minimum absolute atomic E-state index is 0.152. The summed E-state index contributed by atoms with van der Waals surface area (Å²) in [4.78, 5) is 13.0. The SMILES string of the molecule is CC(C)CNc1nc(NC(C)C)nc(C2=C(F)C(O)CCC2)n1. The minimum Gasteiger partial charge on any atom is -0.386 e. The Kier molecular flexibility index (Phi) is 5.87. The molecule has 0 aliphatic heterocycles. The van der Waals surface area contributed by atoms with E-state index >= 15 is 0 Å². The summed E-state index contributed by atoms with van der Waals surface area (Å²) in [5.74, 6) is 1.05. The molecule has 1 aliphatic carbocycles. The van der Waals surface area contributed by atoms with Gasteiger partial charge in [-0.2, -0.15) is 15.0 Å². The molecule has 0 saturated heterocycles. The van der Waals surface area contributed by atoms with Crippen molar-refractivity contribution in [3.63, 3.8) is 0 Å². The van der Waals surface area contributed by atoms with E-state index in [4.69, 9.17) is 0 Å². The number of halogens is 1. The summed E-state index contributed by atoms with van der Waals surface area (Å²) in [5, 5.41) is 16.0. The molecule has 0 spiro atoms. The maximum absolute atomic E-state index is 14.3. The van der Waals surface area contributed by atoms with Crippen LogP contribution in [0.2, 0.25) is 0 Å². The van der Waals surface area contributed by atoms with E-state index < -0.39 is 11.9 Å². The van der Waals surface area contributed by atoms with E-state index in [1.807, 2.05) is 13.8 Å². The van der Waals surface area contributed by atoms with Gasteiger partial charge in [-0.1, -0.05) is 13.8 Å². The van der Waals surface area contributed by atoms with Crippen LogP contribution in [0.15, 0.2) is 5.83 Å². The van der Waals surface area contributed by atoms with Gasteiger partial charge in [-0.25, -0.2) is 4.39 Å². The molecule has 0 amide bonds. The molecular weight excluding hydrogens is 297 g/mol. The number of aliphatic hydroxyl groups is 1. The van der Waals surface area contributed by atoms with Crippen LogP contribution in [-0.2, 0) is 0 Å². The van der Waals surface area contributed by atoms with Crippen molar-refractivity contribution in [3.05, 3.63) is 11.7 Å². The molecule has 0 bridgehead atoms. The smallest absolute Gasteiger partial charge is 0.228 e. The second-order valence-electron chi connectivity index (χ2n) is 6.61. The van der Waals surface area contributed by atoms with Crippen molar-refractivity contribution in [2.24, 2.45) is 5.92 Å². The van der Waals surface area contributed by atoms with Crippen molar-refractivity contribution in [1.82, 2.24) is 15.0 Å². The second kappa shape index (κ2) is 7.68. The molecule has 1 aromatic heterocycles. The number of aliphatic hydroxyl groups excluding tert-OH is 1. The van der Waals surface area contributed by atoms with E-state index in [1.165, 1.54) is 0 Å². The van der Waals surface area contributed by atoms with Gasteiger partial charge in [-0.05, 0) is 39.0 Å². The van der Waals surface area contributed by atoms with Crippen molar-refractivity contribution in [1.29, 1.82) is 0 Å². The highest BCUT2D eigenvalue weighted by molar-refractivity contribution is 5.65. The summed E-state index contributed by atoms with van der Waals surface area (Å²) in [5.41, 5.74) is 0.380. The Hall–Kier alpha value is -1.76.